The van der Waals surface area contributed by atoms with Gasteiger partial charge in [-0.1, -0.05) is 23.2 Å². The van der Waals surface area contributed by atoms with Crippen LogP contribution in [0.15, 0.2) is 18.2 Å². The van der Waals surface area contributed by atoms with Gasteiger partial charge in [-0.2, -0.15) is 0 Å². The Morgan fingerprint density at radius 2 is 1.78 bits per heavy atom. The molecule has 1 aliphatic heterocycles. The first kappa shape index (κ1) is 17.9. The predicted octanol–water partition coefficient (Wildman–Crippen LogP) is 3.57. The molecular formula is C14H15Cl2N3O3S. The number of urea groups is 2. The van der Waals surface area contributed by atoms with Crippen molar-refractivity contribution in [3.63, 3.8) is 0 Å². The standard InChI is InChI=1S/C14H15Cl2N3O3S/c1-14(2,23-3)17-12(21)18-7-11(20)19(13(18)22)10-5-8(15)4-9(16)6-10/h4-6H,7H2,1-3H3,(H,17,21). The number of thioether (sulfide) groups is 1. The highest BCUT2D eigenvalue weighted by Gasteiger charge is 2.42. The molecule has 9 heteroatoms. The van der Waals surface area contributed by atoms with E-state index in [1.54, 1.807) is 13.8 Å². The number of benzene rings is 1. The molecule has 0 unspecified atom stereocenters. The Hall–Kier alpha value is -1.44. The number of rotatable bonds is 3. The van der Waals surface area contributed by atoms with Crippen LogP contribution in [-0.4, -0.2) is 40.5 Å². The van der Waals surface area contributed by atoms with Crippen molar-refractivity contribution in [2.75, 3.05) is 17.7 Å². The molecule has 1 aromatic rings. The van der Waals surface area contributed by atoms with Crippen molar-refractivity contribution < 1.29 is 14.4 Å². The van der Waals surface area contributed by atoms with E-state index in [-0.39, 0.29) is 12.2 Å². The van der Waals surface area contributed by atoms with E-state index in [4.69, 9.17) is 23.2 Å². The molecule has 1 aromatic carbocycles. The Balaban J connectivity index is 2.25. The largest absolute Gasteiger partial charge is 0.340 e. The molecule has 0 aromatic heterocycles. The van der Waals surface area contributed by atoms with E-state index >= 15 is 0 Å². The van der Waals surface area contributed by atoms with Crippen molar-refractivity contribution >= 4 is 58.6 Å². The number of hydrogen-bond donors (Lipinski definition) is 1. The van der Waals surface area contributed by atoms with Gasteiger partial charge in [-0.25, -0.2) is 19.4 Å². The molecule has 1 saturated heterocycles. The average Bonchev–Trinajstić information content (AvgIpc) is 2.72. The van der Waals surface area contributed by atoms with Crippen molar-refractivity contribution in [2.24, 2.45) is 0 Å². The maximum Gasteiger partial charge on any atom is 0.340 e. The Labute approximate surface area is 148 Å². The zero-order valence-electron chi connectivity index (χ0n) is 12.7. The lowest BCUT2D eigenvalue weighted by Gasteiger charge is -2.26. The molecule has 0 atom stereocenters. The van der Waals surface area contributed by atoms with Gasteiger partial charge in [-0.3, -0.25) is 4.79 Å². The van der Waals surface area contributed by atoms with Gasteiger partial charge in [0.1, 0.15) is 6.54 Å². The van der Waals surface area contributed by atoms with E-state index in [1.807, 2.05) is 6.26 Å². The second kappa shape index (κ2) is 6.59. The minimum atomic E-state index is -0.734. The number of carbonyl (C=O) groups excluding carboxylic acids is 3. The SMILES string of the molecule is CSC(C)(C)NC(=O)N1CC(=O)N(c2cc(Cl)cc(Cl)c2)C1=O. The summed E-state index contributed by atoms with van der Waals surface area (Å²) in [5, 5.41) is 3.27. The van der Waals surface area contributed by atoms with Gasteiger partial charge in [-0.05, 0) is 38.3 Å². The molecule has 0 spiro atoms. The fourth-order valence-electron chi connectivity index (χ4n) is 1.96. The molecule has 1 fully saturated rings. The van der Waals surface area contributed by atoms with Crippen LogP contribution in [0.1, 0.15) is 13.8 Å². The first-order valence-corrected chi connectivity index (χ1v) is 8.60. The summed E-state index contributed by atoms with van der Waals surface area (Å²) >= 11 is 13.2. The van der Waals surface area contributed by atoms with E-state index in [0.29, 0.717) is 10.0 Å². The minimum absolute atomic E-state index is 0.233. The molecule has 2 rings (SSSR count). The lowest BCUT2D eigenvalue weighted by Crippen LogP contribution is -2.49. The fraction of sp³-hybridized carbons (Fsp3) is 0.357. The van der Waals surface area contributed by atoms with Gasteiger partial charge < -0.3 is 5.32 Å². The highest BCUT2D eigenvalue weighted by Crippen LogP contribution is 2.29. The Morgan fingerprint density at radius 3 is 2.30 bits per heavy atom. The summed E-state index contributed by atoms with van der Waals surface area (Å²) in [6, 6.07) is 3.01. The first-order chi connectivity index (χ1) is 10.6. The molecule has 1 heterocycles. The molecule has 1 aliphatic rings. The molecule has 5 amide bonds. The van der Waals surface area contributed by atoms with Gasteiger partial charge in [0.2, 0.25) is 0 Å². The monoisotopic (exact) mass is 375 g/mol. The van der Waals surface area contributed by atoms with Crippen LogP contribution in [0.25, 0.3) is 0 Å². The Bertz CT molecular complexity index is 661. The second-order valence-electron chi connectivity index (χ2n) is 5.37. The molecule has 6 nitrogen and oxygen atoms in total. The Kier molecular flexibility index (Phi) is 5.13. The minimum Gasteiger partial charge on any atom is -0.324 e. The molecule has 0 bridgehead atoms. The van der Waals surface area contributed by atoms with Gasteiger partial charge in [0, 0.05) is 10.0 Å². The van der Waals surface area contributed by atoms with E-state index in [2.05, 4.69) is 5.32 Å². The van der Waals surface area contributed by atoms with Gasteiger partial charge in [0.05, 0.1) is 10.6 Å². The van der Waals surface area contributed by atoms with Crippen LogP contribution in [0, 0.1) is 0 Å². The lowest BCUT2D eigenvalue weighted by atomic mass is 10.3. The van der Waals surface area contributed by atoms with Crippen molar-refractivity contribution in [2.45, 2.75) is 18.7 Å². The van der Waals surface area contributed by atoms with E-state index in [1.165, 1.54) is 30.0 Å². The molecule has 124 valence electrons. The quantitative estimate of drug-likeness (QED) is 0.647. The molecule has 0 radical (unpaired) electrons. The van der Waals surface area contributed by atoms with Crippen molar-refractivity contribution in [3.8, 4) is 0 Å². The van der Waals surface area contributed by atoms with E-state index < -0.39 is 22.8 Å². The maximum atomic E-state index is 12.4. The lowest BCUT2D eigenvalue weighted by molar-refractivity contribution is -0.116. The molecule has 0 saturated carbocycles. The average molecular weight is 376 g/mol. The maximum absolute atomic E-state index is 12.4. The Morgan fingerprint density at radius 1 is 1.22 bits per heavy atom. The van der Waals surface area contributed by atoms with E-state index in [9.17, 15) is 14.4 Å². The van der Waals surface area contributed by atoms with Crippen LogP contribution in [0.2, 0.25) is 10.0 Å². The zero-order chi connectivity index (χ0) is 17.4. The van der Waals surface area contributed by atoms with Crippen LogP contribution < -0.4 is 10.2 Å². The van der Waals surface area contributed by atoms with Gasteiger partial charge in [0.15, 0.2) is 0 Å². The summed E-state index contributed by atoms with van der Waals surface area (Å²) in [6.07, 6.45) is 1.83. The number of amides is 5. The number of carbonyl (C=O) groups is 3. The summed E-state index contributed by atoms with van der Waals surface area (Å²) in [5.74, 6) is -0.523. The fourth-order valence-corrected chi connectivity index (χ4v) is 2.66. The first-order valence-electron chi connectivity index (χ1n) is 6.62. The van der Waals surface area contributed by atoms with Gasteiger partial charge in [-0.15, -0.1) is 11.8 Å². The third kappa shape index (κ3) is 3.91. The summed E-state index contributed by atoms with van der Waals surface area (Å²) < 4.78 is 0. The van der Waals surface area contributed by atoms with Crippen molar-refractivity contribution in [3.05, 3.63) is 28.2 Å². The molecular weight excluding hydrogens is 361 g/mol. The molecule has 0 aliphatic carbocycles. The number of nitrogens with one attached hydrogen (secondary N) is 1. The zero-order valence-corrected chi connectivity index (χ0v) is 15.1. The van der Waals surface area contributed by atoms with Crippen molar-refractivity contribution in [1.82, 2.24) is 10.2 Å². The summed E-state index contributed by atoms with van der Waals surface area (Å²) in [7, 11) is 0. The third-order valence-corrected chi connectivity index (χ3v) is 4.79. The van der Waals surface area contributed by atoms with Crippen LogP contribution in [0.4, 0.5) is 15.3 Å². The van der Waals surface area contributed by atoms with Crippen LogP contribution >= 0.6 is 35.0 Å². The topological polar surface area (TPSA) is 69.7 Å². The number of halogens is 2. The summed E-state index contributed by atoms with van der Waals surface area (Å²) in [5.41, 5.74) is 0.233. The highest BCUT2D eigenvalue weighted by atomic mass is 35.5. The van der Waals surface area contributed by atoms with Crippen molar-refractivity contribution in [1.29, 1.82) is 0 Å². The second-order valence-corrected chi connectivity index (χ2v) is 7.67. The predicted molar refractivity (Wildman–Crippen MR) is 92.2 cm³/mol. The van der Waals surface area contributed by atoms with Gasteiger partial charge in [0.25, 0.3) is 5.91 Å². The number of nitrogens with zero attached hydrogens (tertiary/aromatic N) is 2. The van der Waals surface area contributed by atoms with Crippen LogP contribution in [-0.2, 0) is 4.79 Å². The van der Waals surface area contributed by atoms with Gasteiger partial charge >= 0.3 is 12.1 Å². The van der Waals surface area contributed by atoms with Crippen LogP contribution in [0.5, 0.6) is 0 Å². The van der Waals surface area contributed by atoms with E-state index in [0.717, 1.165) is 9.80 Å². The third-order valence-electron chi connectivity index (χ3n) is 3.23. The number of imide groups is 2. The number of hydrogen-bond acceptors (Lipinski definition) is 4. The van der Waals surface area contributed by atoms with Crippen LogP contribution in [0.3, 0.4) is 0 Å². The highest BCUT2D eigenvalue weighted by molar-refractivity contribution is 7.99. The summed E-state index contributed by atoms with van der Waals surface area (Å²) in [6.45, 7) is 3.26. The summed E-state index contributed by atoms with van der Waals surface area (Å²) in [4.78, 5) is 38.0. The smallest absolute Gasteiger partial charge is 0.324 e. The normalized spacial score (nSPS) is 15.3. The molecule has 1 N–H and O–H groups in total. The molecule has 23 heavy (non-hydrogen) atoms. The number of anilines is 1.